The maximum Gasteiger partial charge on any atom is 0.182 e. The number of nitrogens with zero attached hydrogens (tertiary/aromatic N) is 5. The molecule has 0 bridgehead atoms. The number of hydrogen-bond acceptors (Lipinski definition) is 5. The van der Waals surface area contributed by atoms with Crippen molar-refractivity contribution in [2.45, 2.75) is 0 Å². The molecular formula is C41H25N5. The highest BCUT2D eigenvalue weighted by Gasteiger charge is 2.17. The van der Waals surface area contributed by atoms with Crippen LogP contribution in [0.1, 0.15) is 0 Å². The highest BCUT2D eigenvalue weighted by Crippen LogP contribution is 2.33. The Morgan fingerprint density at radius 3 is 1.67 bits per heavy atom. The molecule has 0 unspecified atom stereocenters. The molecule has 0 aliphatic rings. The lowest BCUT2D eigenvalue weighted by molar-refractivity contribution is 1.07. The molecule has 9 aromatic rings. The van der Waals surface area contributed by atoms with E-state index in [0.29, 0.717) is 23.2 Å². The van der Waals surface area contributed by atoms with E-state index in [-0.39, 0.29) is 0 Å². The first-order valence-electron chi connectivity index (χ1n) is 15.3. The van der Waals surface area contributed by atoms with Crippen LogP contribution in [0.2, 0.25) is 0 Å². The maximum atomic E-state index is 5.12. The van der Waals surface area contributed by atoms with Gasteiger partial charge in [0.25, 0.3) is 0 Å². The molecule has 6 aromatic carbocycles. The molecule has 0 N–H and O–H groups in total. The van der Waals surface area contributed by atoms with Crippen LogP contribution in [0, 0.1) is 0 Å². The highest BCUT2D eigenvalue weighted by atomic mass is 15.0. The summed E-state index contributed by atoms with van der Waals surface area (Å²) in [5, 5.41) is 6.60. The van der Waals surface area contributed by atoms with Crippen molar-refractivity contribution in [3.8, 4) is 45.4 Å². The van der Waals surface area contributed by atoms with Crippen LogP contribution in [0.3, 0.4) is 0 Å². The van der Waals surface area contributed by atoms with E-state index >= 15 is 0 Å². The Hall–Kier alpha value is -6.33. The molecule has 3 aromatic heterocycles. The summed E-state index contributed by atoms with van der Waals surface area (Å²) in [4.78, 5) is 24.8. The lowest BCUT2D eigenvalue weighted by Crippen LogP contribution is -2.02. The van der Waals surface area contributed by atoms with Crippen LogP contribution in [0.4, 0.5) is 0 Å². The second-order valence-electron chi connectivity index (χ2n) is 11.4. The third-order valence-corrected chi connectivity index (χ3v) is 8.55. The molecule has 0 amide bonds. The Morgan fingerprint density at radius 2 is 0.935 bits per heavy atom. The second kappa shape index (κ2) is 10.7. The van der Waals surface area contributed by atoms with Crippen molar-refractivity contribution in [1.82, 2.24) is 24.9 Å². The number of aromatic nitrogens is 5. The average molecular weight is 588 g/mol. The molecule has 0 saturated heterocycles. The summed E-state index contributed by atoms with van der Waals surface area (Å²) in [6.45, 7) is 0. The summed E-state index contributed by atoms with van der Waals surface area (Å²) < 4.78 is 0. The second-order valence-corrected chi connectivity index (χ2v) is 11.4. The lowest BCUT2D eigenvalue weighted by Gasteiger charge is -2.12. The maximum absolute atomic E-state index is 5.12. The number of pyridine rings is 2. The Balaban J connectivity index is 1.24. The van der Waals surface area contributed by atoms with Gasteiger partial charge in [0.1, 0.15) is 5.69 Å². The fourth-order valence-corrected chi connectivity index (χ4v) is 6.25. The van der Waals surface area contributed by atoms with Crippen molar-refractivity contribution in [3.63, 3.8) is 0 Å². The molecule has 0 aliphatic carbocycles. The van der Waals surface area contributed by atoms with Gasteiger partial charge in [-0.1, -0.05) is 115 Å². The summed E-state index contributed by atoms with van der Waals surface area (Å²) in [6, 6.07) is 50.0. The van der Waals surface area contributed by atoms with Gasteiger partial charge in [-0.3, -0.25) is 4.98 Å². The van der Waals surface area contributed by atoms with E-state index in [1.54, 1.807) is 0 Å². The SMILES string of the molecule is c1cnc2ccc(-c3ccc4ccc(-c5nc(-c6cccc7ccccc67)nc(-c6cccc7ccccc67)n5)nc4c3)cc2c1. The quantitative estimate of drug-likeness (QED) is 0.205. The molecule has 0 spiro atoms. The fraction of sp³-hybridized carbons (Fsp3) is 0. The number of rotatable bonds is 4. The number of hydrogen-bond donors (Lipinski definition) is 0. The Morgan fingerprint density at radius 1 is 0.348 bits per heavy atom. The first kappa shape index (κ1) is 26.1. The Bertz CT molecular complexity index is 2500. The molecule has 0 radical (unpaired) electrons. The van der Waals surface area contributed by atoms with E-state index in [4.69, 9.17) is 19.9 Å². The first-order chi connectivity index (χ1) is 22.8. The zero-order valence-corrected chi connectivity index (χ0v) is 24.7. The van der Waals surface area contributed by atoms with Gasteiger partial charge in [-0.25, -0.2) is 19.9 Å². The highest BCUT2D eigenvalue weighted by molar-refractivity contribution is 5.98. The van der Waals surface area contributed by atoms with E-state index in [1.165, 1.54) is 0 Å². The topological polar surface area (TPSA) is 64.5 Å². The van der Waals surface area contributed by atoms with Crippen molar-refractivity contribution in [3.05, 3.63) is 152 Å². The van der Waals surface area contributed by atoms with Crippen LogP contribution >= 0.6 is 0 Å². The van der Waals surface area contributed by atoms with Gasteiger partial charge in [-0.2, -0.15) is 0 Å². The minimum absolute atomic E-state index is 0.532. The summed E-state index contributed by atoms with van der Waals surface area (Å²) in [5.41, 5.74) is 6.66. The normalized spacial score (nSPS) is 11.5. The van der Waals surface area contributed by atoms with E-state index in [2.05, 4.69) is 126 Å². The van der Waals surface area contributed by atoms with Crippen LogP contribution in [-0.2, 0) is 0 Å². The third kappa shape index (κ3) is 4.54. The molecule has 5 heteroatoms. The van der Waals surface area contributed by atoms with Crippen LogP contribution in [0.25, 0.3) is 88.8 Å². The molecule has 3 heterocycles. The van der Waals surface area contributed by atoms with Gasteiger partial charge >= 0.3 is 0 Å². The molecule has 0 atom stereocenters. The average Bonchev–Trinajstić information content (AvgIpc) is 3.13. The molecule has 0 fully saturated rings. The third-order valence-electron chi connectivity index (χ3n) is 8.55. The molecular weight excluding hydrogens is 562 g/mol. The molecule has 9 rings (SSSR count). The summed E-state index contributed by atoms with van der Waals surface area (Å²) >= 11 is 0. The molecule has 46 heavy (non-hydrogen) atoms. The largest absolute Gasteiger partial charge is 0.256 e. The Labute approximate surface area is 264 Å². The van der Waals surface area contributed by atoms with Crippen molar-refractivity contribution >= 4 is 43.4 Å². The summed E-state index contributed by atoms with van der Waals surface area (Å²) in [6.07, 6.45) is 1.82. The molecule has 214 valence electrons. The van der Waals surface area contributed by atoms with Gasteiger partial charge in [0.2, 0.25) is 0 Å². The van der Waals surface area contributed by atoms with Gasteiger partial charge in [0.05, 0.1) is 11.0 Å². The van der Waals surface area contributed by atoms with Gasteiger partial charge in [0.15, 0.2) is 17.5 Å². The predicted octanol–water partition coefficient (Wildman–Crippen LogP) is 9.94. The standard InChI is InChI=1S/C41H25N5/c1-3-13-32-26(8-1)10-5-15-34(32)39-44-40(35-16-6-11-27-9-2-4-14-33(27)35)46-41(45-39)37-22-19-28-17-18-30(25-38(28)43-37)29-20-21-36-31(24-29)12-7-23-42-36/h1-25H. The summed E-state index contributed by atoms with van der Waals surface area (Å²) in [7, 11) is 0. The van der Waals surface area contributed by atoms with E-state index in [0.717, 1.165) is 65.6 Å². The minimum Gasteiger partial charge on any atom is -0.256 e. The van der Waals surface area contributed by atoms with Crippen LogP contribution < -0.4 is 0 Å². The van der Waals surface area contributed by atoms with Gasteiger partial charge in [-0.05, 0) is 63.0 Å². The molecule has 0 saturated carbocycles. The summed E-state index contributed by atoms with van der Waals surface area (Å²) in [5.74, 6) is 1.76. The number of fused-ring (bicyclic) bond motifs is 4. The van der Waals surface area contributed by atoms with Crippen molar-refractivity contribution in [2.24, 2.45) is 0 Å². The van der Waals surface area contributed by atoms with Crippen molar-refractivity contribution in [2.75, 3.05) is 0 Å². The monoisotopic (exact) mass is 587 g/mol. The molecule has 0 aliphatic heterocycles. The van der Waals surface area contributed by atoms with E-state index in [1.807, 2.05) is 30.5 Å². The van der Waals surface area contributed by atoms with E-state index < -0.39 is 0 Å². The van der Waals surface area contributed by atoms with Gasteiger partial charge in [0, 0.05) is 28.1 Å². The smallest absolute Gasteiger partial charge is 0.182 e. The number of benzene rings is 6. The van der Waals surface area contributed by atoms with Gasteiger partial charge < -0.3 is 0 Å². The predicted molar refractivity (Wildman–Crippen MR) is 187 cm³/mol. The minimum atomic E-state index is 0.532. The van der Waals surface area contributed by atoms with Crippen LogP contribution in [-0.4, -0.2) is 24.9 Å². The van der Waals surface area contributed by atoms with Crippen LogP contribution in [0.5, 0.6) is 0 Å². The molecule has 5 nitrogen and oxygen atoms in total. The van der Waals surface area contributed by atoms with Gasteiger partial charge in [-0.15, -0.1) is 0 Å². The van der Waals surface area contributed by atoms with Crippen molar-refractivity contribution in [1.29, 1.82) is 0 Å². The zero-order chi connectivity index (χ0) is 30.5. The zero-order valence-electron chi connectivity index (χ0n) is 24.7. The van der Waals surface area contributed by atoms with E-state index in [9.17, 15) is 0 Å². The van der Waals surface area contributed by atoms with Crippen molar-refractivity contribution < 1.29 is 0 Å². The fourth-order valence-electron chi connectivity index (χ4n) is 6.25. The Kier molecular flexibility index (Phi) is 6.06. The van der Waals surface area contributed by atoms with Crippen LogP contribution in [0.15, 0.2) is 152 Å². The first-order valence-corrected chi connectivity index (χ1v) is 15.3. The lowest BCUT2D eigenvalue weighted by atomic mass is 10.0.